The topological polar surface area (TPSA) is 49.7 Å². The third kappa shape index (κ3) is 4.86. The van der Waals surface area contributed by atoms with Gasteiger partial charge < -0.3 is 14.0 Å². The average Bonchev–Trinajstić information content (AvgIpc) is 1.63. The van der Waals surface area contributed by atoms with Crippen molar-refractivity contribution < 1.29 is 22.5 Å². The van der Waals surface area contributed by atoms with E-state index in [0.29, 0.717) is 0 Å². The van der Waals surface area contributed by atoms with Gasteiger partial charge in [-0.1, -0.05) is 0 Å². The largest absolute Gasteiger partial charge is 0.417 e. The highest BCUT2D eigenvalue weighted by Crippen LogP contribution is 2.30. The van der Waals surface area contributed by atoms with E-state index in [9.17, 15) is 8.50 Å². The number of halogens is 2. The smallest absolute Gasteiger partial charge is 0.329 e. The Hall–Kier alpha value is 0.387. The molecule has 56 valence electrons. The maximum Gasteiger partial charge on any atom is 0.417 e. The van der Waals surface area contributed by atoms with Crippen LogP contribution in [0.1, 0.15) is 0 Å². The molecule has 0 saturated heterocycles. The van der Waals surface area contributed by atoms with Crippen molar-refractivity contribution in [1.82, 2.24) is 0 Å². The minimum Gasteiger partial charge on any atom is -0.329 e. The molecule has 0 amide bonds. The quantitative estimate of drug-likeness (QED) is 0.379. The van der Waals surface area contributed by atoms with Crippen molar-refractivity contribution in [2.24, 2.45) is 0 Å². The second-order valence-corrected chi connectivity index (χ2v) is 5.29. The van der Waals surface area contributed by atoms with Gasteiger partial charge in [0.25, 0.3) is 0 Å². The second kappa shape index (κ2) is 3.53. The van der Waals surface area contributed by atoms with E-state index in [0.717, 1.165) is 6.55 Å². The van der Waals surface area contributed by atoms with Crippen LogP contribution in [0.5, 0.6) is 0 Å². The van der Waals surface area contributed by atoms with Crippen LogP contribution in [-0.4, -0.2) is 24.7 Å². The summed E-state index contributed by atoms with van der Waals surface area (Å²) in [6, 6.07) is 0. The summed E-state index contributed by atoms with van der Waals surface area (Å²) in [7, 11) is -6.63. The van der Waals surface area contributed by atoms with Crippen molar-refractivity contribution in [1.29, 1.82) is 0 Å². The molecule has 2 N–H and O–H groups in total. The minimum atomic E-state index is -3.88. The fourth-order valence-electron chi connectivity index (χ4n) is 0.195. The molecule has 0 spiro atoms. The molecular formula is C2H7F2O3PSi. The van der Waals surface area contributed by atoms with Gasteiger partial charge in [-0.3, -0.25) is 4.11 Å². The van der Waals surface area contributed by atoms with E-state index in [1.54, 1.807) is 0 Å². The Morgan fingerprint density at radius 2 is 2.11 bits per heavy atom. The molecule has 7 heteroatoms. The van der Waals surface area contributed by atoms with Crippen molar-refractivity contribution in [3.8, 4) is 0 Å². The van der Waals surface area contributed by atoms with Crippen molar-refractivity contribution in [2.45, 2.75) is 6.55 Å². The molecule has 9 heavy (non-hydrogen) atoms. The summed E-state index contributed by atoms with van der Waals surface area (Å²) in [5.41, 5.74) is 0. The fraction of sp³-hybridized carbons (Fsp3) is 1.00. The van der Waals surface area contributed by atoms with Crippen molar-refractivity contribution in [3.05, 3.63) is 0 Å². The maximum absolute atomic E-state index is 12.3. The van der Waals surface area contributed by atoms with E-state index >= 15 is 0 Å². The van der Waals surface area contributed by atoms with Crippen LogP contribution in [0.25, 0.3) is 0 Å². The maximum atomic E-state index is 12.3. The number of rotatable bonds is 3. The summed E-state index contributed by atoms with van der Waals surface area (Å²) < 4.78 is 27.6. The Balaban J connectivity index is 3.58. The van der Waals surface area contributed by atoms with Crippen molar-refractivity contribution in [3.63, 3.8) is 0 Å². The molecule has 0 aliphatic carbocycles. The van der Waals surface area contributed by atoms with Crippen LogP contribution in [0.15, 0.2) is 0 Å². The van der Waals surface area contributed by atoms with Gasteiger partial charge in [0, 0.05) is 0 Å². The van der Waals surface area contributed by atoms with E-state index in [2.05, 4.69) is 4.21 Å². The molecule has 0 aromatic carbocycles. The predicted molar refractivity (Wildman–Crippen MR) is 31.1 cm³/mol. The highest BCUT2D eigenvalue weighted by atomic mass is 31.2. The van der Waals surface area contributed by atoms with Gasteiger partial charge in [0.15, 0.2) is 0 Å². The average molecular weight is 176 g/mol. The molecule has 0 aliphatic rings. The third-order valence-electron chi connectivity index (χ3n) is 0.511. The van der Waals surface area contributed by atoms with Crippen LogP contribution in [0.3, 0.4) is 0 Å². The van der Waals surface area contributed by atoms with Gasteiger partial charge in [-0.2, -0.15) is 0 Å². The molecule has 0 saturated carbocycles. The SMILES string of the molecule is C[Si](F)(CF)OP(O)O. The lowest BCUT2D eigenvalue weighted by molar-refractivity contribution is 0.335. The van der Waals surface area contributed by atoms with Crippen LogP contribution in [0, 0.1) is 0 Å². The van der Waals surface area contributed by atoms with Gasteiger partial charge in [0.2, 0.25) is 0 Å². The van der Waals surface area contributed by atoms with Gasteiger partial charge in [-0.25, -0.2) is 4.39 Å². The van der Waals surface area contributed by atoms with E-state index in [1.807, 2.05) is 0 Å². The van der Waals surface area contributed by atoms with Gasteiger partial charge in [-0.15, -0.1) is 0 Å². The highest BCUT2D eigenvalue weighted by molar-refractivity contribution is 7.41. The molecule has 1 atom stereocenters. The lowest BCUT2D eigenvalue weighted by atomic mass is 11.8. The standard InChI is InChI=1S/C2H7F2O3PSi/c1-9(4,2-3)7-8(5)6/h5-6H,2H2,1H3. The summed E-state index contributed by atoms with van der Waals surface area (Å²) in [4.78, 5) is 16.1. The summed E-state index contributed by atoms with van der Waals surface area (Å²) in [6.45, 7) is 0.911. The summed E-state index contributed by atoms with van der Waals surface area (Å²) in [6.07, 6.45) is -1.26. The normalized spacial score (nSPS) is 18.0. The van der Waals surface area contributed by atoms with Gasteiger partial charge >= 0.3 is 17.3 Å². The lowest BCUT2D eigenvalue weighted by Gasteiger charge is -2.12. The molecule has 3 nitrogen and oxygen atoms in total. The van der Waals surface area contributed by atoms with Gasteiger partial charge in [0.1, 0.15) is 6.30 Å². The van der Waals surface area contributed by atoms with E-state index in [4.69, 9.17) is 9.79 Å². The minimum absolute atomic E-state index is 0.911. The monoisotopic (exact) mass is 176 g/mol. The molecule has 1 unspecified atom stereocenters. The van der Waals surface area contributed by atoms with Crippen LogP contribution >= 0.6 is 8.60 Å². The molecule has 0 bridgehead atoms. The molecule has 0 aromatic rings. The second-order valence-electron chi connectivity index (χ2n) is 1.58. The number of hydrogen-bond acceptors (Lipinski definition) is 3. The van der Waals surface area contributed by atoms with Crippen molar-refractivity contribution in [2.75, 3.05) is 6.30 Å². The Morgan fingerprint density at radius 1 is 1.67 bits per heavy atom. The first-order valence-corrected chi connectivity index (χ1v) is 5.75. The Morgan fingerprint density at radius 3 is 2.22 bits per heavy atom. The van der Waals surface area contributed by atoms with Crippen LogP contribution in [0.4, 0.5) is 8.50 Å². The van der Waals surface area contributed by atoms with Crippen LogP contribution in [-0.2, 0) is 4.21 Å². The number of alkyl halides is 1. The summed E-state index contributed by atoms with van der Waals surface area (Å²) in [5.74, 6) is 0. The zero-order valence-corrected chi connectivity index (χ0v) is 6.61. The first-order valence-electron chi connectivity index (χ1n) is 2.10. The molecule has 0 heterocycles. The zero-order valence-electron chi connectivity index (χ0n) is 4.71. The first kappa shape index (κ1) is 9.39. The predicted octanol–water partition coefficient (Wildman–Crippen LogP) is 0.765. The summed E-state index contributed by atoms with van der Waals surface area (Å²) in [5, 5.41) is 0. The molecule has 0 radical (unpaired) electrons. The molecule has 0 rings (SSSR count). The van der Waals surface area contributed by atoms with E-state index in [1.165, 1.54) is 0 Å². The van der Waals surface area contributed by atoms with Crippen LogP contribution < -0.4 is 0 Å². The Kier molecular flexibility index (Phi) is 3.68. The first-order chi connectivity index (χ1) is 3.98. The molecular weight excluding hydrogens is 169 g/mol. The van der Waals surface area contributed by atoms with Gasteiger partial charge in [0.05, 0.1) is 0 Å². The number of hydrogen-bond donors (Lipinski definition) is 2. The lowest BCUT2D eigenvalue weighted by Crippen LogP contribution is -2.29. The highest BCUT2D eigenvalue weighted by Gasteiger charge is 2.33. The van der Waals surface area contributed by atoms with E-state index < -0.39 is 23.6 Å². The molecule has 0 fully saturated rings. The van der Waals surface area contributed by atoms with Crippen LogP contribution in [0.2, 0.25) is 6.55 Å². The Labute approximate surface area is 53.6 Å². The fourth-order valence-corrected chi connectivity index (χ4v) is 1.75. The molecule has 0 aromatic heterocycles. The zero-order chi connectivity index (χ0) is 7.49. The summed E-state index contributed by atoms with van der Waals surface area (Å²) >= 11 is 0. The Bertz CT molecular complexity index is 89.9. The molecule has 0 aliphatic heterocycles. The van der Waals surface area contributed by atoms with Crippen molar-refractivity contribution >= 4 is 17.3 Å². The van der Waals surface area contributed by atoms with Gasteiger partial charge in [-0.05, 0) is 6.55 Å². The third-order valence-corrected chi connectivity index (χ3v) is 3.16. The van der Waals surface area contributed by atoms with E-state index in [-0.39, 0.29) is 0 Å².